The predicted molar refractivity (Wildman–Crippen MR) is 72.0 cm³/mol. The van der Waals surface area contributed by atoms with Gasteiger partial charge in [0.2, 0.25) is 0 Å². The van der Waals surface area contributed by atoms with Crippen molar-refractivity contribution >= 4 is 11.6 Å². The predicted octanol–water partition coefficient (Wildman–Crippen LogP) is 2.44. The molecule has 0 aliphatic rings. The number of benzene rings is 1. The molecule has 1 atom stereocenters. The third-order valence-electron chi connectivity index (χ3n) is 2.95. The van der Waals surface area contributed by atoms with E-state index in [0.717, 1.165) is 16.8 Å². The molecule has 0 aliphatic carbocycles. The molecular weight excluding hydrogens is 250 g/mol. The Morgan fingerprint density at radius 3 is 2.78 bits per heavy atom. The summed E-state index contributed by atoms with van der Waals surface area (Å²) in [5.41, 5.74) is 9.04. The molecular formula is C13H16ClN3O. The molecule has 2 aromatic rings. The van der Waals surface area contributed by atoms with Crippen LogP contribution < -0.4 is 10.5 Å². The Morgan fingerprint density at radius 2 is 2.17 bits per heavy atom. The summed E-state index contributed by atoms with van der Waals surface area (Å²) in [6, 6.07) is 5.47. The number of aromatic nitrogens is 2. The Kier molecular flexibility index (Phi) is 3.59. The Balaban J connectivity index is 2.47. The first-order valence-electron chi connectivity index (χ1n) is 5.62. The Labute approximate surface area is 111 Å². The maximum Gasteiger partial charge on any atom is 0.161 e. The van der Waals surface area contributed by atoms with Gasteiger partial charge < -0.3 is 10.5 Å². The molecule has 1 heterocycles. The van der Waals surface area contributed by atoms with Gasteiger partial charge in [0.05, 0.1) is 19.3 Å². The number of nitrogens with two attached hydrogens (primary N) is 1. The highest BCUT2D eigenvalue weighted by Gasteiger charge is 2.20. The van der Waals surface area contributed by atoms with Crippen LogP contribution in [0.5, 0.6) is 5.75 Å². The molecule has 2 N–H and O–H groups in total. The summed E-state index contributed by atoms with van der Waals surface area (Å²) in [5, 5.41) is 4.81. The maximum atomic E-state index is 6.26. The molecule has 1 aromatic heterocycles. The van der Waals surface area contributed by atoms with Crippen molar-refractivity contribution < 1.29 is 4.74 Å². The van der Waals surface area contributed by atoms with Crippen LogP contribution in [-0.4, -0.2) is 16.9 Å². The fourth-order valence-electron chi connectivity index (χ4n) is 1.97. The smallest absolute Gasteiger partial charge is 0.161 e. The maximum absolute atomic E-state index is 6.26. The van der Waals surface area contributed by atoms with Gasteiger partial charge in [-0.15, -0.1) is 0 Å². The summed E-state index contributed by atoms with van der Waals surface area (Å²) in [6.45, 7) is 1.99. The lowest BCUT2D eigenvalue weighted by molar-refractivity contribution is 0.406. The molecule has 0 aliphatic heterocycles. The minimum Gasteiger partial charge on any atom is -0.493 e. The van der Waals surface area contributed by atoms with Gasteiger partial charge in [-0.25, -0.2) is 0 Å². The van der Waals surface area contributed by atoms with Crippen molar-refractivity contribution in [3.8, 4) is 5.75 Å². The number of hydrogen-bond acceptors (Lipinski definition) is 3. The Hall–Kier alpha value is -1.52. The van der Waals surface area contributed by atoms with E-state index < -0.39 is 0 Å². The molecule has 0 radical (unpaired) electrons. The standard InChI is InChI=1S/C13H16ClN3O/c1-8-4-5-9(10(14)6-8)12(15)13-11(18-3)7-16-17(13)2/h4-7,12H,15H2,1-3H3. The van der Waals surface area contributed by atoms with E-state index in [9.17, 15) is 0 Å². The van der Waals surface area contributed by atoms with Crippen LogP contribution in [-0.2, 0) is 7.05 Å². The number of rotatable bonds is 3. The van der Waals surface area contributed by atoms with Crippen molar-refractivity contribution in [2.24, 2.45) is 12.8 Å². The van der Waals surface area contributed by atoms with Gasteiger partial charge >= 0.3 is 0 Å². The summed E-state index contributed by atoms with van der Waals surface area (Å²) in [7, 11) is 3.43. The van der Waals surface area contributed by atoms with Gasteiger partial charge in [-0.2, -0.15) is 5.10 Å². The van der Waals surface area contributed by atoms with E-state index >= 15 is 0 Å². The van der Waals surface area contributed by atoms with Crippen molar-refractivity contribution in [1.82, 2.24) is 9.78 Å². The summed E-state index contributed by atoms with van der Waals surface area (Å²) in [5.74, 6) is 0.668. The van der Waals surface area contributed by atoms with E-state index in [1.54, 1.807) is 18.0 Å². The molecule has 0 bridgehead atoms. The van der Waals surface area contributed by atoms with Crippen molar-refractivity contribution in [2.75, 3.05) is 7.11 Å². The van der Waals surface area contributed by atoms with Crippen LogP contribution in [0, 0.1) is 6.92 Å². The van der Waals surface area contributed by atoms with Crippen molar-refractivity contribution in [1.29, 1.82) is 0 Å². The number of ether oxygens (including phenoxy) is 1. The van der Waals surface area contributed by atoms with E-state index in [-0.39, 0.29) is 6.04 Å². The quantitative estimate of drug-likeness (QED) is 0.927. The summed E-state index contributed by atoms with van der Waals surface area (Å²) in [6.07, 6.45) is 1.65. The lowest BCUT2D eigenvalue weighted by Crippen LogP contribution is -2.17. The highest BCUT2D eigenvalue weighted by atomic mass is 35.5. The van der Waals surface area contributed by atoms with Crippen LogP contribution in [0.15, 0.2) is 24.4 Å². The third kappa shape index (κ3) is 2.21. The zero-order valence-corrected chi connectivity index (χ0v) is 11.4. The fraction of sp³-hybridized carbons (Fsp3) is 0.308. The monoisotopic (exact) mass is 265 g/mol. The molecule has 4 nitrogen and oxygen atoms in total. The van der Waals surface area contributed by atoms with Gasteiger partial charge in [0, 0.05) is 12.1 Å². The first-order chi connectivity index (χ1) is 8.54. The molecule has 0 fully saturated rings. The van der Waals surface area contributed by atoms with Crippen LogP contribution in [0.4, 0.5) is 0 Å². The number of hydrogen-bond donors (Lipinski definition) is 1. The fourth-order valence-corrected chi connectivity index (χ4v) is 2.32. The van der Waals surface area contributed by atoms with Crippen LogP contribution in [0.1, 0.15) is 22.9 Å². The number of aryl methyl sites for hydroxylation is 2. The van der Waals surface area contributed by atoms with Crippen LogP contribution in [0.3, 0.4) is 0 Å². The zero-order valence-electron chi connectivity index (χ0n) is 10.6. The first kappa shape index (κ1) is 12.9. The molecule has 18 heavy (non-hydrogen) atoms. The Morgan fingerprint density at radius 1 is 1.44 bits per heavy atom. The van der Waals surface area contributed by atoms with E-state index in [1.165, 1.54) is 0 Å². The van der Waals surface area contributed by atoms with Gasteiger partial charge in [-0.05, 0) is 24.1 Å². The van der Waals surface area contributed by atoms with Crippen molar-refractivity contribution in [3.63, 3.8) is 0 Å². The first-order valence-corrected chi connectivity index (χ1v) is 6.00. The molecule has 0 saturated heterocycles. The van der Waals surface area contributed by atoms with Gasteiger partial charge in [-0.3, -0.25) is 4.68 Å². The van der Waals surface area contributed by atoms with E-state index in [0.29, 0.717) is 10.8 Å². The average molecular weight is 266 g/mol. The van der Waals surface area contributed by atoms with E-state index in [2.05, 4.69) is 5.10 Å². The Bertz CT molecular complexity index is 565. The number of halogens is 1. The second-order valence-corrected chi connectivity index (χ2v) is 4.63. The van der Waals surface area contributed by atoms with Crippen LogP contribution in [0.25, 0.3) is 0 Å². The van der Waals surface area contributed by atoms with Gasteiger partial charge in [0.1, 0.15) is 5.69 Å². The van der Waals surface area contributed by atoms with E-state index in [1.807, 2.05) is 32.2 Å². The number of nitrogens with zero attached hydrogens (tertiary/aromatic N) is 2. The lowest BCUT2D eigenvalue weighted by atomic mass is 10.0. The van der Waals surface area contributed by atoms with Crippen LogP contribution >= 0.6 is 11.6 Å². The zero-order chi connectivity index (χ0) is 13.3. The minimum atomic E-state index is -0.361. The molecule has 0 spiro atoms. The van der Waals surface area contributed by atoms with Crippen molar-refractivity contribution in [3.05, 3.63) is 46.2 Å². The third-order valence-corrected chi connectivity index (χ3v) is 3.28. The lowest BCUT2D eigenvalue weighted by Gasteiger charge is -2.16. The SMILES string of the molecule is COc1cnn(C)c1C(N)c1ccc(C)cc1Cl. The van der Waals surface area contributed by atoms with Gasteiger partial charge in [-0.1, -0.05) is 23.7 Å². The average Bonchev–Trinajstić information content (AvgIpc) is 2.69. The highest BCUT2D eigenvalue weighted by Crippen LogP contribution is 2.31. The molecule has 96 valence electrons. The highest BCUT2D eigenvalue weighted by molar-refractivity contribution is 6.31. The normalized spacial score (nSPS) is 12.5. The van der Waals surface area contributed by atoms with Crippen molar-refractivity contribution in [2.45, 2.75) is 13.0 Å². The summed E-state index contributed by atoms with van der Waals surface area (Å²) >= 11 is 6.24. The minimum absolute atomic E-state index is 0.361. The second-order valence-electron chi connectivity index (χ2n) is 4.22. The molecule has 5 heteroatoms. The summed E-state index contributed by atoms with van der Waals surface area (Å²) < 4.78 is 6.97. The molecule has 0 saturated carbocycles. The van der Waals surface area contributed by atoms with Gasteiger partial charge in [0.25, 0.3) is 0 Å². The number of methoxy groups -OCH3 is 1. The molecule has 2 rings (SSSR count). The second kappa shape index (κ2) is 5.00. The largest absolute Gasteiger partial charge is 0.493 e. The topological polar surface area (TPSA) is 53.1 Å². The molecule has 0 amide bonds. The van der Waals surface area contributed by atoms with E-state index in [4.69, 9.17) is 22.1 Å². The van der Waals surface area contributed by atoms with Gasteiger partial charge in [0.15, 0.2) is 5.75 Å². The summed E-state index contributed by atoms with van der Waals surface area (Å²) in [4.78, 5) is 0. The molecule has 1 unspecified atom stereocenters. The van der Waals surface area contributed by atoms with Crippen LogP contribution in [0.2, 0.25) is 5.02 Å². The molecule has 1 aromatic carbocycles.